The van der Waals surface area contributed by atoms with Crippen LogP contribution in [-0.2, 0) is 14.3 Å². The smallest absolute Gasteiger partial charge is 0.305 e. The summed E-state index contributed by atoms with van der Waals surface area (Å²) in [6.45, 7) is 4.93. The van der Waals surface area contributed by atoms with Crippen molar-refractivity contribution in [2.45, 2.75) is 411 Å². The van der Waals surface area contributed by atoms with Gasteiger partial charge in [-0.15, -0.1) is 0 Å². The molecule has 0 fully saturated rings. The summed E-state index contributed by atoms with van der Waals surface area (Å²) in [6.07, 6.45) is 89.4. The van der Waals surface area contributed by atoms with Crippen molar-refractivity contribution in [2.75, 3.05) is 13.2 Å². The zero-order chi connectivity index (χ0) is 57.8. The summed E-state index contributed by atoms with van der Waals surface area (Å²) in [5, 5.41) is 23.3. The SMILES string of the molecule is CCCCCCCCCCCCCCCCCCCCCCCC/C=C/C(O)C(CO)NC(=O)CCCCCCCCCCCCC/C=C\C/C=C\CCCCCCCCCCCOC(=O)CCCCCCCCCCCCCC. The van der Waals surface area contributed by atoms with Gasteiger partial charge in [-0.05, 0) is 64.2 Å². The summed E-state index contributed by atoms with van der Waals surface area (Å²) >= 11 is 0. The topological polar surface area (TPSA) is 95.9 Å². The summed E-state index contributed by atoms with van der Waals surface area (Å²) in [4.78, 5) is 24.6. The first-order valence-electron chi connectivity index (χ1n) is 36.3. The number of unbranched alkanes of at least 4 members (excludes halogenated alkanes) is 53. The van der Waals surface area contributed by atoms with Gasteiger partial charge in [0.15, 0.2) is 0 Å². The monoisotopic (exact) mass is 1120 g/mol. The van der Waals surface area contributed by atoms with E-state index in [1.54, 1.807) is 6.08 Å². The molecule has 6 nitrogen and oxygen atoms in total. The Bertz CT molecular complexity index is 1300. The molecule has 0 saturated heterocycles. The number of amides is 1. The Kier molecular flexibility index (Phi) is 67.9. The number of ether oxygens (including phenoxy) is 1. The maximum atomic E-state index is 12.5. The standard InChI is InChI=1S/C74H141NO5/c1-3-5-7-9-11-13-15-17-18-19-20-21-22-28-31-34-37-40-43-46-50-54-58-62-66-72(77)71(70-76)75-73(78)67-63-59-55-51-47-44-41-38-35-32-29-26-24-23-25-27-30-33-36-39-42-45-49-53-57-61-65-69-80-74(79)68-64-60-56-52-48-16-14-12-10-8-6-4-2/h23-24,27,30,62,66,71-72,76-77H,3-22,25-26,28-29,31-61,63-65,67-70H2,1-2H3,(H,75,78)/b24-23-,30-27-,66-62+. The van der Waals surface area contributed by atoms with Crippen LogP contribution in [0.25, 0.3) is 0 Å². The summed E-state index contributed by atoms with van der Waals surface area (Å²) in [5.74, 6) is -0.0555. The van der Waals surface area contributed by atoms with Gasteiger partial charge in [-0.2, -0.15) is 0 Å². The Morgan fingerprint density at radius 1 is 0.350 bits per heavy atom. The van der Waals surface area contributed by atoms with E-state index in [9.17, 15) is 19.8 Å². The molecule has 0 aliphatic rings. The number of esters is 1. The third kappa shape index (κ3) is 65.2. The summed E-state index contributed by atoms with van der Waals surface area (Å²) in [6, 6.07) is -0.632. The normalized spacial score (nSPS) is 12.7. The average molecular weight is 1120 g/mol. The molecule has 0 aromatic rings. The van der Waals surface area contributed by atoms with E-state index in [2.05, 4.69) is 43.5 Å². The van der Waals surface area contributed by atoms with Crippen LogP contribution in [0.3, 0.4) is 0 Å². The molecule has 472 valence electrons. The molecule has 80 heavy (non-hydrogen) atoms. The van der Waals surface area contributed by atoms with Crippen LogP contribution >= 0.6 is 0 Å². The maximum absolute atomic E-state index is 12.5. The van der Waals surface area contributed by atoms with E-state index < -0.39 is 12.1 Å². The number of hydrogen-bond acceptors (Lipinski definition) is 5. The third-order valence-corrected chi connectivity index (χ3v) is 16.9. The van der Waals surface area contributed by atoms with Crippen LogP contribution in [0, 0.1) is 0 Å². The quantitative estimate of drug-likeness (QED) is 0.0320. The van der Waals surface area contributed by atoms with Gasteiger partial charge in [0.25, 0.3) is 0 Å². The van der Waals surface area contributed by atoms with Gasteiger partial charge in [0, 0.05) is 12.8 Å². The number of nitrogens with one attached hydrogen (secondary N) is 1. The van der Waals surface area contributed by atoms with Gasteiger partial charge in [0.05, 0.1) is 25.4 Å². The second-order valence-corrected chi connectivity index (χ2v) is 24.9. The molecule has 0 aromatic heterocycles. The molecule has 6 heteroatoms. The van der Waals surface area contributed by atoms with Gasteiger partial charge in [-0.25, -0.2) is 0 Å². The van der Waals surface area contributed by atoms with Crippen molar-refractivity contribution < 1.29 is 24.5 Å². The van der Waals surface area contributed by atoms with Crippen molar-refractivity contribution in [3.63, 3.8) is 0 Å². The number of rotatable bonds is 68. The minimum Gasteiger partial charge on any atom is -0.466 e. The molecule has 0 spiro atoms. The Morgan fingerprint density at radius 3 is 0.950 bits per heavy atom. The number of carbonyl (C=O) groups excluding carboxylic acids is 2. The molecule has 0 aromatic carbocycles. The predicted molar refractivity (Wildman–Crippen MR) is 352 cm³/mol. The molecule has 2 unspecified atom stereocenters. The Morgan fingerprint density at radius 2 is 0.625 bits per heavy atom. The second kappa shape index (κ2) is 69.6. The van der Waals surface area contributed by atoms with Crippen molar-refractivity contribution in [1.29, 1.82) is 0 Å². The Hall–Kier alpha value is -1.92. The number of hydrogen-bond donors (Lipinski definition) is 3. The fourth-order valence-electron chi connectivity index (χ4n) is 11.4. The van der Waals surface area contributed by atoms with Gasteiger partial charge in [0.1, 0.15) is 0 Å². The number of carbonyl (C=O) groups is 2. The minimum atomic E-state index is -0.848. The van der Waals surface area contributed by atoms with E-state index in [0.29, 0.717) is 19.4 Å². The van der Waals surface area contributed by atoms with Crippen LogP contribution < -0.4 is 5.32 Å². The van der Waals surface area contributed by atoms with E-state index in [-0.39, 0.29) is 18.5 Å². The third-order valence-electron chi connectivity index (χ3n) is 16.9. The minimum absolute atomic E-state index is 0.0114. The van der Waals surface area contributed by atoms with Crippen molar-refractivity contribution in [3.05, 3.63) is 36.5 Å². The first-order chi connectivity index (χ1) is 39.5. The van der Waals surface area contributed by atoms with Crippen LogP contribution in [0.5, 0.6) is 0 Å². The van der Waals surface area contributed by atoms with Gasteiger partial charge < -0.3 is 20.3 Å². The zero-order valence-corrected chi connectivity index (χ0v) is 54.1. The van der Waals surface area contributed by atoms with Gasteiger partial charge in [-0.1, -0.05) is 359 Å². The van der Waals surface area contributed by atoms with Gasteiger partial charge in [-0.3, -0.25) is 9.59 Å². The first-order valence-corrected chi connectivity index (χ1v) is 36.3. The highest BCUT2D eigenvalue weighted by Gasteiger charge is 2.18. The van der Waals surface area contributed by atoms with E-state index in [1.165, 1.54) is 327 Å². The molecule has 1 amide bonds. The first kappa shape index (κ1) is 78.1. The van der Waals surface area contributed by atoms with Crippen LogP contribution in [-0.4, -0.2) is 47.4 Å². The highest BCUT2D eigenvalue weighted by Crippen LogP contribution is 2.19. The van der Waals surface area contributed by atoms with Crippen molar-refractivity contribution in [3.8, 4) is 0 Å². The maximum Gasteiger partial charge on any atom is 0.305 e. The second-order valence-electron chi connectivity index (χ2n) is 24.9. The fraction of sp³-hybridized carbons (Fsp3) is 0.892. The van der Waals surface area contributed by atoms with Crippen LogP contribution in [0.15, 0.2) is 36.5 Å². The van der Waals surface area contributed by atoms with Crippen molar-refractivity contribution in [1.82, 2.24) is 5.32 Å². The number of aliphatic hydroxyl groups excluding tert-OH is 2. The Balaban J connectivity index is 3.45. The lowest BCUT2D eigenvalue weighted by Gasteiger charge is -2.20. The molecule has 0 bridgehead atoms. The van der Waals surface area contributed by atoms with Crippen molar-refractivity contribution >= 4 is 11.9 Å². The van der Waals surface area contributed by atoms with E-state index in [4.69, 9.17) is 4.74 Å². The zero-order valence-electron chi connectivity index (χ0n) is 54.1. The average Bonchev–Trinajstić information content (AvgIpc) is 3.46. The van der Waals surface area contributed by atoms with Crippen molar-refractivity contribution in [2.24, 2.45) is 0 Å². The van der Waals surface area contributed by atoms with Crippen LogP contribution in [0.4, 0.5) is 0 Å². The van der Waals surface area contributed by atoms with E-state index in [1.807, 2.05) is 6.08 Å². The van der Waals surface area contributed by atoms with E-state index in [0.717, 1.165) is 44.9 Å². The molecule has 3 N–H and O–H groups in total. The molecule has 0 aliphatic heterocycles. The molecule has 0 rings (SSSR count). The van der Waals surface area contributed by atoms with Crippen LogP contribution in [0.2, 0.25) is 0 Å². The molecule has 0 aliphatic carbocycles. The molecule has 2 atom stereocenters. The summed E-state index contributed by atoms with van der Waals surface area (Å²) in [5.41, 5.74) is 0. The fourth-order valence-corrected chi connectivity index (χ4v) is 11.4. The van der Waals surface area contributed by atoms with Crippen LogP contribution in [0.1, 0.15) is 399 Å². The highest BCUT2D eigenvalue weighted by atomic mass is 16.5. The lowest BCUT2D eigenvalue weighted by atomic mass is 10.0. The summed E-state index contributed by atoms with van der Waals surface area (Å²) < 4.78 is 5.48. The molecule has 0 radical (unpaired) electrons. The lowest BCUT2D eigenvalue weighted by molar-refractivity contribution is -0.143. The highest BCUT2D eigenvalue weighted by molar-refractivity contribution is 5.76. The number of aliphatic hydroxyl groups is 2. The van der Waals surface area contributed by atoms with E-state index >= 15 is 0 Å². The summed E-state index contributed by atoms with van der Waals surface area (Å²) in [7, 11) is 0. The molecular formula is C74H141NO5. The molecule has 0 saturated carbocycles. The van der Waals surface area contributed by atoms with Gasteiger partial charge >= 0.3 is 5.97 Å². The predicted octanol–water partition coefficient (Wildman–Crippen LogP) is 23.5. The Labute approximate surface area is 500 Å². The molecular weight excluding hydrogens is 983 g/mol. The largest absolute Gasteiger partial charge is 0.466 e. The lowest BCUT2D eigenvalue weighted by Crippen LogP contribution is -2.45. The van der Waals surface area contributed by atoms with Gasteiger partial charge in [0.2, 0.25) is 5.91 Å². The molecule has 0 heterocycles. The number of allylic oxidation sites excluding steroid dienone is 5.